The van der Waals surface area contributed by atoms with E-state index in [-0.39, 0.29) is 5.92 Å². The van der Waals surface area contributed by atoms with Gasteiger partial charge in [-0.25, -0.2) is 9.97 Å². The second-order valence-corrected chi connectivity index (χ2v) is 9.72. The van der Waals surface area contributed by atoms with Crippen LogP contribution in [0.25, 0.3) is 11.3 Å². The number of hydrogen-bond acceptors (Lipinski definition) is 5. The van der Waals surface area contributed by atoms with Gasteiger partial charge in [-0.05, 0) is 41.3 Å². The maximum atomic E-state index is 6.60. The van der Waals surface area contributed by atoms with Gasteiger partial charge in [-0.1, -0.05) is 60.1 Å². The Kier molecular flexibility index (Phi) is 6.19. The molecule has 5 nitrogen and oxygen atoms in total. The molecule has 0 radical (unpaired) electrons. The number of rotatable bonds is 5. The quantitative estimate of drug-likeness (QED) is 0.390. The molecule has 1 saturated heterocycles. The molecule has 0 N–H and O–H groups in total. The predicted octanol–water partition coefficient (Wildman–Crippen LogP) is 5.24. The highest BCUT2D eigenvalue weighted by Crippen LogP contribution is 2.43. The van der Waals surface area contributed by atoms with Crippen molar-refractivity contribution in [3.05, 3.63) is 107 Å². The van der Waals surface area contributed by atoms with Gasteiger partial charge in [0, 0.05) is 73.7 Å². The van der Waals surface area contributed by atoms with Gasteiger partial charge >= 0.3 is 0 Å². The van der Waals surface area contributed by atoms with Crippen LogP contribution in [-0.2, 0) is 12.8 Å². The number of aromatic nitrogens is 3. The van der Waals surface area contributed by atoms with Gasteiger partial charge in [0.15, 0.2) is 0 Å². The van der Waals surface area contributed by atoms with E-state index in [1.54, 1.807) is 0 Å². The minimum atomic E-state index is 0.212. The van der Waals surface area contributed by atoms with Crippen LogP contribution < -0.4 is 4.90 Å². The second-order valence-electron chi connectivity index (χ2n) is 9.31. The molecule has 1 unspecified atom stereocenters. The van der Waals surface area contributed by atoms with E-state index >= 15 is 0 Å². The van der Waals surface area contributed by atoms with Crippen molar-refractivity contribution < 1.29 is 0 Å². The summed E-state index contributed by atoms with van der Waals surface area (Å²) in [6.45, 7) is 4.93. The van der Waals surface area contributed by atoms with Gasteiger partial charge in [0.05, 0.1) is 5.69 Å². The summed E-state index contributed by atoms with van der Waals surface area (Å²) in [5, 5.41) is 0.814. The SMILES string of the molecule is Clc1ccccc1C1Cc2cnc(N3CCN(CCc4ccccn4)CC3)nc2-c2ccccc21. The zero-order valence-corrected chi connectivity index (χ0v) is 20.4. The molecular weight excluding hydrogens is 454 g/mol. The maximum Gasteiger partial charge on any atom is 0.225 e. The number of hydrogen-bond donors (Lipinski definition) is 0. The smallest absolute Gasteiger partial charge is 0.225 e. The summed E-state index contributed by atoms with van der Waals surface area (Å²) in [5.41, 5.74) is 7.05. The molecule has 0 spiro atoms. The Morgan fingerprint density at radius 1 is 0.829 bits per heavy atom. The number of pyridine rings is 1. The largest absolute Gasteiger partial charge is 0.338 e. The lowest BCUT2D eigenvalue weighted by atomic mass is 9.78. The lowest BCUT2D eigenvalue weighted by Crippen LogP contribution is -2.47. The van der Waals surface area contributed by atoms with Gasteiger partial charge < -0.3 is 4.90 Å². The first kappa shape index (κ1) is 22.2. The van der Waals surface area contributed by atoms with Crippen LogP contribution in [0.3, 0.4) is 0 Å². The van der Waals surface area contributed by atoms with Crippen LogP contribution in [0.5, 0.6) is 0 Å². The third kappa shape index (κ3) is 4.54. The second kappa shape index (κ2) is 9.76. The number of anilines is 1. The summed E-state index contributed by atoms with van der Waals surface area (Å²) in [6.07, 6.45) is 5.75. The first-order chi connectivity index (χ1) is 17.3. The van der Waals surface area contributed by atoms with E-state index in [1.807, 2.05) is 30.6 Å². The minimum absolute atomic E-state index is 0.212. The van der Waals surface area contributed by atoms with Crippen LogP contribution in [0.15, 0.2) is 79.1 Å². The third-order valence-corrected chi connectivity index (χ3v) is 7.56. The van der Waals surface area contributed by atoms with E-state index in [4.69, 9.17) is 21.6 Å². The fourth-order valence-electron chi connectivity index (χ4n) is 5.30. The molecule has 1 aliphatic heterocycles. The average Bonchev–Trinajstić information content (AvgIpc) is 2.92. The Hall–Kier alpha value is -3.28. The monoisotopic (exact) mass is 481 g/mol. The van der Waals surface area contributed by atoms with Gasteiger partial charge in [0.25, 0.3) is 0 Å². The number of nitrogens with zero attached hydrogens (tertiary/aromatic N) is 5. The van der Waals surface area contributed by atoms with Crippen molar-refractivity contribution in [2.24, 2.45) is 0 Å². The summed E-state index contributed by atoms with van der Waals surface area (Å²) < 4.78 is 0. The van der Waals surface area contributed by atoms with Crippen molar-refractivity contribution in [1.29, 1.82) is 0 Å². The van der Waals surface area contributed by atoms with E-state index in [0.29, 0.717) is 0 Å². The molecule has 2 aromatic heterocycles. The summed E-state index contributed by atoms with van der Waals surface area (Å²) in [5.74, 6) is 1.05. The maximum absolute atomic E-state index is 6.60. The molecule has 0 bridgehead atoms. The van der Waals surface area contributed by atoms with E-state index in [2.05, 4.69) is 63.3 Å². The Morgan fingerprint density at radius 3 is 2.40 bits per heavy atom. The van der Waals surface area contributed by atoms with Crippen LogP contribution >= 0.6 is 11.6 Å². The Morgan fingerprint density at radius 2 is 1.60 bits per heavy atom. The Labute approximate surface area is 211 Å². The van der Waals surface area contributed by atoms with Crippen LogP contribution in [0.4, 0.5) is 5.95 Å². The van der Waals surface area contributed by atoms with Crippen molar-refractivity contribution in [2.45, 2.75) is 18.8 Å². The summed E-state index contributed by atoms with van der Waals surface area (Å²) in [4.78, 5) is 19.2. The number of piperazine rings is 1. The normalized spacial score (nSPS) is 17.6. The molecule has 6 rings (SSSR count). The van der Waals surface area contributed by atoms with Crippen LogP contribution in [-0.4, -0.2) is 52.6 Å². The van der Waals surface area contributed by atoms with Gasteiger partial charge in [-0.2, -0.15) is 0 Å². The summed E-state index contributed by atoms with van der Waals surface area (Å²) in [7, 11) is 0. The highest BCUT2D eigenvalue weighted by atomic mass is 35.5. The molecule has 2 aliphatic rings. The molecule has 1 atom stereocenters. The van der Waals surface area contributed by atoms with E-state index in [0.717, 1.165) is 73.5 Å². The molecule has 1 aliphatic carbocycles. The fourth-order valence-corrected chi connectivity index (χ4v) is 5.57. The molecule has 0 saturated carbocycles. The molecule has 6 heteroatoms. The number of fused-ring (bicyclic) bond motifs is 3. The van der Waals surface area contributed by atoms with Gasteiger partial charge in [-0.15, -0.1) is 0 Å². The van der Waals surface area contributed by atoms with Crippen LogP contribution in [0.1, 0.15) is 28.3 Å². The highest BCUT2D eigenvalue weighted by Gasteiger charge is 2.29. The van der Waals surface area contributed by atoms with Crippen molar-refractivity contribution in [2.75, 3.05) is 37.6 Å². The zero-order chi connectivity index (χ0) is 23.6. The molecule has 2 aromatic carbocycles. The minimum Gasteiger partial charge on any atom is -0.338 e. The predicted molar refractivity (Wildman–Crippen MR) is 141 cm³/mol. The van der Waals surface area contributed by atoms with Crippen molar-refractivity contribution in [3.8, 4) is 11.3 Å². The lowest BCUT2D eigenvalue weighted by molar-refractivity contribution is 0.259. The summed E-state index contributed by atoms with van der Waals surface area (Å²) >= 11 is 6.60. The van der Waals surface area contributed by atoms with Crippen LogP contribution in [0, 0.1) is 0 Å². The van der Waals surface area contributed by atoms with E-state index in [9.17, 15) is 0 Å². The number of halogens is 1. The van der Waals surface area contributed by atoms with Crippen molar-refractivity contribution in [3.63, 3.8) is 0 Å². The number of benzene rings is 2. The van der Waals surface area contributed by atoms with Crippen LogP contribution in [0.2, 0.25) is 5.02 Å². The van der Waals surface area contributed by atoms with E-state index < -0.39 is 0 Å². The molecular formula is C29H28ClN5. The molecule has 1 fully saturated rings. The highest BCUT2D eigenvalue weighted by molar-refractivity contribution is 6.31. The lowest BCUT2D eigenvalue weighted by Gasteiger charge is -2.35. The van der Waals surface area contributed by atoms with Gasteiger partial charge in [-0.3, -0.25) is 9.88 Å². The zero-order valence-electron chi connectivity index (χ0n) is 19.6. The third-order valence-electron chi connectivity index (χ3n) is 7.21. The van der Waals surface area contributed by atoms with Crippen molar-refractivity contribution >= 4 is 17.5 Å². The topological polar surface area (TPSA) is 45.2 Å². The van der Waals surface area contributed by atoms with Crippen molar-refractivity contribution in [1.82, 2.24) is 19.9 Å². The average molecular weight is 482 g/mol. The van der Waals surface area contributed by atoms with E-state index in [1.165, 1.54) is 16.7 Å². The van der Waals surface area contributed by atoms with Gasteiger partial charge in [0.1, 0.15) is 0 Å². The first-order valence-corrected chi connectivity index (χ1v) is 12.7. The Balaban J connectivity index is 1.20. The molecule has 3 heterocycles. The Bertz CT molecular complexity index is 1320. The molecule has 176 valence electrons. The molecule has 35 heavy (non-hydrogen) atoms. The first-order valence-electron chi connectivity index (χ1n) is 12.3. The molecule has 0 amide bonds. The fraction of sp³-hybridized carbons (Fsp3) is 0.276. The summed E-state index contributed by atoms with van der Waals surface area (Å²) in [6, 6.07) is 22.9. The van der Waals surface area contributed by atoms with Gasteiger partial charge in [0.2, 0.25) is 5.95 Å². The molecule has 4 aromatic rings. The standard InChI is InChI=1S/C29H28ClN5/c30-27-11-4-3-9-24(27)26-19-21-20-32-29(33-28(21)25-10-2-1-8-23(25)26)35-17-15-34(16-18-35)14-12-22-7-5-6-13-31-22/h1-11,13,20,26H,12,14-19H2.